The summed E-state index contributed by atoms with van der Waals surface area (Å²) in [4.78, 5) is 14.0. The van der Waals surface area contributed by atoms with Crippen LogP contribution in [0.4, 0.5) is 5.82 Å². The van der Waals surface area contributed by atoms with Crippen molar-refractivity contribution in [3.8, 4) is 11.5 Å². The van der Waals surface area contributed by atoms with E-state index < -0.39 is 0 Å². The number of hydrogen-bond acceptors (Lipinski definition) is 6. The third-order valence-electron chi connectivity index (χ3n) is 5.22. The Morgan fingerprint density at radius 1 is 1.07 bits per heavy atom. The standard InChI is InChI=1S/C22H26ClN5O/c1-16(2)20-25-22(29-26-20)18-8-5-10-24-21(18)28-12-6-11-27(13-14-28)15-17-7-3-4-9-19(17)23/h3-5,7-10,16H,6,11-15H2,1-2H3. The molecule has 3 aromatic rings. The highest BCUT2D eigenvalue weighted by Gasteiger charge is 2.22. The smallest absolute Gasteiger partial charge is 0.261 e. The van der Waals surface area contributed by atoms with Crippen molar-refractivity contribution >= 4 is 17.4 Å². The molecule has 1 aliphatic rings. The second-order valence-electron chi connectivity index (χ2n) is 7.70. The quantitative estimate of drug-likeness (QED) is 0.610. The van der Waals surface area contributed by atoms with E-state index in [0.29, 0.717) is 5.89 Å². The van der Waals surface area contributed by atoms with Crippen LogP contribution >= 0.6 is 11.6 Å². The average molecular weight is 412 g/mol. The zero-order valence-electron chi connectivity index (χ0n) is 16.9. The lowest BCUT2D eigenvalue weighted by atomic mass is 10.2. The molecule has 1 fully saturated rings. The topological polar surface area (TPSA) is 58.3 Å². The van der Waals surface area contributed by atoms with E-state index in [-0.39, 0.29) is 5.92 Å². The summed E-state index contributed by atoms with van der Waals surface area (Å²) in [5, 5.41) is 4.94. The minimum absolute atomic E-state index is 0.226. The first-order valence-electron chi connectivity index (χ1n) is 10.1. The third-order valence-corrected chi connectivity index (χ3v) is 5.58. The molecule has 0 unspecified atom stereocenters. The zero-order valence-corrected chi connectivity index (χ0v) is 17.6. The van der Waals surface area contributed by atoms with Crippen molar-refractivity contribution < 1.29 is 4.52 Å². The van der Waals surface area contributed by atoms with Crippen molar-refractivity contribution in [2.24, 2.45) is 0 Å². The Labute approximate surface area is 176 Å². The molecule has 6 nitrogen and oxygen atoms in total. The van der Waals surface area contributed by atoms with Gasteiger partial charge in [-0.2, -0.15) is 4.98 Å². The summed E-state index contributed by atoms with van der Waals surface area (Å²) >= 11 is 6.35. The predicted octanol–water partition coefficient (Wildman–Crippen LogP) is 4.62. The monoisotopic (exact) mass is 411 g/mol. The Bertz CT molecular complexity index is 958. The van der Waals surface area contributed by atoms with Gasteiger partial charge in [-0.3, -0.25) is 4.90 Å². The van der Waals surface area contributed by atoms with E-state index in [1.54, 1.807) is 0 Å². The van der Waals surface area contributed by atoms with Crippen molar-refractivity contribution in [3.63, 3.8) is 0 Å². The highest BCUT2D eigenvalue weighted by atomic mass is 35.5. The van der Waals surface area contributed by atoms with Crippen molar-refractivity contribution in [3.05, 3.63) is 59.0 Å². The summed E-state index contributed by atoms with van der Waals surface area (Å²) in [6.45, 7) is 8.78. The summed E-state index contributed by atoms with van der Waals surface area (Å²) in [6.07, 6.45) is 2.88. The largest absolute Gasteiger partial charge is 0.355 e. The Kier molecular flexibility index (Phi) is 6.11. The van der Waals surface area contributed by atoms with Gasteiger partial charge < -0.3 is 9.42 Å². The Balaban J connectivity index is 1.50. The van der Waals surface area contributed by atoms with Crippen molar-refractivity contribution in [1.82, 2.24) is 20.0 Å². The van der Waals surface area contributed by atoms with Gasteiger partial charge in [0.1, 0.15) is 5.82 Å². The van der Waals surface area contributed by atoms with Gasteiger partial charge in [-0.1, -0.05) is 48.8 Å². The first-order chi connectivity index (χ1) is 14.1. The van der Waals surface area contributed by atoms with E-state index in [1.165, 1.54) is 5.56 Å². The summed E-state index contributed by atoms with van der Waals surface area (Å²) in [5.74, 6) is 2.39. The fourth-order valence-electron chi connectivity index (χ4n) is 3.60. The molecule has 1 aliphatic heterocycles. The lowest BCUT2D eigenvalue weighted by Gasteiger charge is -2.24. The second kappa shape index (κ2) is 8.93. The van der Waals surface area contributed by atoms with Gasteiger partial charge in [0.2, 0.25) is 0 Å². The molecule has 0 aliphatic carbocycles. The maximum absolute atomic E-state index is 6.35. The lowest BCUT2D eigenvalue weighted by Crippen LogP contribution is -2.31. The van der Waals surface area contributed by atoms with Gasteiger partial charge in [0, 0.05) is 49.9 Å². The maximum Gasteiger partial charge on any atom is 0.261 e. The van der Waals surface area contributed by atoms with Crippen molar-refractivity contribution in [2.45, 2.75) is 32.7 Å². The molecule has 4 rings (SSSR count). The predicted molar refractivity (Wildman–Crippen MR) is 115 cm³/mol. The zero-order chi connectivity index (χ0) is 20.2. The number of benzene rings is 1. The summed E-state index contributed by atoms with van der Waals surface area (Å²) in [6, 6.07) is 12.0. The summed E-state index contributed by atoms with van der Waals surface area (Å²) < 4.78 is 5.54. The number of rotatable bonds is 5. The molecular weight excluding hydrogens is 386 g/mol. The first kappa shape index (κ1) is 19.9. The minimum atomic E-state index is 0.226. The van der Waals surface area contributed by atoms with Gasteiger partial charge in [-0.25, -0.2) is 4.98 Å². The fraction of sp³-hybridized carbons (Fsp3) is 0.409. The molecule has 7 heteroatoms. The van der Waals surface area contributed by atoms with Gasteiger partial charge in [0.15, 0.2) is 5.82 Å². The van der Waals surface area contributed by atoms with Crippen LogP contribution < -0.4 is 4.90 Å². The van der Waals surface area contributed by atoms with Gasteiger partial charge >= 0.3 is 0 Å². The van der Waals surface area contributed by atoms with Crippen molar-refractivity contribution in [2.75, 3.05) is 31.1 Å². The van der Waals surface area contributed by atoms with E-state index >= 15 is 0 Å². The van der Waals surface area contributed by atoms with Crippen LogP contribution in [0, 0.1) is 0 Å². The summed E-state index contributed by atoms with van der Waals surface area (Å²) in [5.41, 5.74) is 2.07. The maximum atomic E-state index is 6.35. The first-order valence-corrected chi connectivity index (χ1v) is 10.5. The Morgan fingerprint density at radius 3 is 2.72 bits per heavy atom. The molecule has 1 aromatic carbocycles. The Morgan fingerprint density at radius 2 is 1.93 bits per heavy atom. The molecule has 0 N–H and O–H groups in total. The van der Waals surface area contributed by atoms with Crippen LogP contribution in [0.15, 0.2) is 47.1 Å². The lowest BCUT2D eigenvalue weighted by molar-refractivity contribution is 0.285. The van der Waals surface area contributed by atoms with Crippen LogP contribution in [0.1, 0.15) is 37.6 Å². The SMILES string of the molecule is CC(C)c1noc(-c2cccnc2N2CCCN(Cc3ccccc3Cl)CC2)n1. The van der Waals surface area contributed by atoms with Gasteiger partial charge in [-0.05, 0) is 30.2 Å². The third kappa shape index (κ3) is 4.60. The molecular formula is C22H26ClN5O. The number of nitrogens with zero attached hydrogens (tertiary/aromatic N) is 5. The highest BCUT2D eigenvalue weighted by Crippen LogP contribution is 2.29. The number of hydrogen-bond donors (Lipinski definition) is 0. The number of pyridine rings is 1. The minimum Gasteiger partial charge on any atom is -0.355 e. The van der Waals surface area contributed by atoms with Crippen LogP contribution in [0.25, 0.3) is 11.5 Å². The average Bonchev–Trinajstić information content (AvgIpc) is 3.11. The number of halogens is 1. The molecule has 2 aromatic heterocycles. The molecule has 0 radical (unpaired) electrons. The van der Waals surface area contributed by atoms with Crippen LogP contribution in [0.3, 0.4) is 0 Å². The van der Waals surface area contributed by atoms with E-state index in [2.05, 4.69) is 44.8 Å². The Hall–Kier alpha value is -2.44. The molecule has 0 bridgehead atoms. The van der Waals surface area contributed by atoms with E-state index in [4.69, 9.17) is 16.1 Å². The van der Waals surface area contributed by atoms with Gasteiger partial charge in [0.05, 0.1) is 5.56 Å². The number of aromatic nitrogens is 3. The van der Waals surface area contributed by atoms with Crippen LogP contribution in [0.2, 0.25) is 5.02 Å². The van der Waals surface area contributed by atoms with Gasteiger partial charge in [-0.15, -0.1) is 0 Å². The van der Waals surface area contributed by atoms with Gasteiger partial charge in [0.25, 0.3) is 5.89 Å². The van der Waals surface area contributed by atoms with Crippen molar-refractivity contribution in [1.29, 1.82) is 0 Å². The summed E-state index contributed by atoms with van der Waals surface area (Å²) in [7, 11) is 0. The molecule has 0 saturated carbocycles. The highest BCUT2D eigenvalue weighted by molar-refractivity contribution is 6.31. The number of anilines is 1. The second-order valence-corrected chi connectivity index (χ2v) is 8.10. The fourth-order valence-corrected chi connectivity index (χ4v) is 3.80. The molecule has 152 valence electrons. The molecule has 0 spiro atoms. The normalized spacial score (nSPS) is 15.7. The van der Waals surface area contributed by atoms with Crippen LogP contribution in [0.5, 0.6) is 0 Å². The van der Waals surface area contributed by atoms with Crippen LogP contribution in [-0.4, -0.2) is 46.2 Å². The molecule has 29 heavy (non-hydrogen) atoms. The van der Waals surface area contributed by atoms with E-state index in [1.807, 2.05) is 36.5 Å². The van der Waals surface area contributed by atoms with E-state index in [9.17, 15) is 0 Å². The van der Waals surface area contributed by atoms with E-state index in [0.717, 1.165) is 61.4 Å². The van der Waals surface area contributed by atoms with Crippen LogP contribution in [-0.2, 0) is 6.54 Å². The molecule has 3 heterocycles. The molecule has 1 saturated heterocycles. The molecule has 0 amide bonds. The molecule has 0 atom stereocenters.